The molecule has 1 unspecified atom stereocenters. The Morgan fingerprint density at radius 1 is 0.949 bits per heavy atom. The lowest BCUT2D eigenvalue weighted by atomic mass is 10.1. The third-order valence-electron chi connectivity index (χ3n) is 10.4. The lowest BCUT2D eigenvalue weighted by molar-refractivity contribution is -0.122. The number of hydrogen-bond donors (Lipinski definition) is 4. The summed E-state index contributed by atoms with van der Waals surface area (Å²) >= 11 is 1.38. The van der Waals surface area contributed by atoms with Crippen molar-refractivity contribution in [1.29, 1.82) is 0 Å². The molecule has 1 saturated heterocycles. The number of carbonyl (C=O) groups excluding carboxylic acids is 2. The Kier molecular flexibility index (Phi) is 24.9. The van der Waals surface area contributed by atoms with Crippen LogP contribution in [0, 0.1) is 23.5 Å². The SMILES string of the molecule is C=C(O)[C@H](CSCC(=O)NCC1CCNC1)NC(=O)CCOCCCCCCCCCCCCC.CC(C)Cc1cc(-c2cc(F)ccc2F)cn1Cc1ccccc1. The molecule has 3 aromatic rings. The molecule has 8 nitrogen and oxygen atoms in total. The van der Waals surface area contributed by atoms with Gasteiger partial charge in [0.2, 0.25) is 11.8 Å². The van der Waals surface area contributed by atoms with Crippen LogP contribution in [0.5, 0.6) is 0 Å². The summed E-state index contributed by atoms with van der Waals surface area (Å²) in [7, 11) is 0. The topological polar surface area (TPSA) is 105 Å². The molecule has 0 radical (unpaired) electrons. The number of aromatic nitrogens is 1. The number of amides is 2. The van der Waals surface area contributed by atoms with Crippen LogP contribution in [0.15, 0.2) is 73.1 Å². The van der Waals surface area contributed by atoms with Crippen LogP contribution in [0.3, 0.4) is 0 Å². The van der Waals surface area contributed by atoms with Crippen LogP contribution < -0.4 is 16.0 Å². The number of ether oxygens (including phenoxy) is 1. The molecule has 0 saturated carbocycles. The number of rotatable bonds is 28. The molecule has 0 aliphatic carbocycles. The van der Waals surface area contributed by atoms with Crippen molar-refractivity contribution < 1.29 is 28.2 Å². The van der Waals surface area contributed by atoms with Gasteiger partial charge in [0, 0.05) is 54.9 Å². The van der Waals surface area contributed by atoms with Crippen LogP contribution in [-0.2, 0) is 27.3 Å². The molecular weight excluding hydrogens is 767 g/mol. The maximum Gasteiger partial charge on any atom is 0.230 e. The van der Waals surface area contributed by atoms with E-state index in [1.165, 1.54) is 93.7 Å². The zero-order valence-corrected chi connectivity index (χ0v) is 36.9. The molecular formula is C48H72F2N4O4S. The minimum Gasteiger partial charge on any atom is -0.511 e. The molecule has 1 fully saturated rings. The number of halogens is 2. The number of aliphatic hydroxyl groups excluding tert-OH is 1. The van der Waals surface area contributed by atoms with Crippen molar-refractivity contribution >= 4 is 23.6 Å². The van der Waals surface area contributed by atoms with Crippen LogP contribution in [0.2, 0.25) is 0 Å². The Morgan fingerprint density at radius 3 is 2.29 bits per heavy atom. The summed E-state index contributed by atoms with van der Waals surface area (Å²) in [6, 6.07) is 15.1. The quantitative estimate of drug-likeness (QED) is 0.0429. The van der Waals surface area contributed by atoms with Crippen molar-refractivity contribution in [2.45, 2.75) is 123 Å². The molecule has 1 aliphatic rings. The summed E-state index contributed by atoms with van der Waals surface area (Å²) in [5, 5.41) is 18.8. The van der Waals surface area contributed by atoms with Gasteiger partial charge in [0.25, 0.3) is 0 Å². The molecule has 4 N–H and O–H groups in total. The Hall–Kier alpha value is -3.67. The second-order valence-corrected chi connectivity index (χ2v) is 17.3. The van der Waals surface area contributed by atoms with E-state index in [2.05, 4.69) is 60.0 Å². The fourth-order valence-electron chi connectivity index (χ4n) is 7.03. The molecule has 2 atom stereocenters. The average Bonchev–Trinajstić information content (AvgIpc) is 3.88. The molecule has 2 aromatic carbocycles. The van der Waals surface area contributed by atoms with E-state index in [4.69, 9.17) is 4.74 Å². The monoisotopic (exact) mass is 839 g/mol. The van der Waals surface area contributed by atoms with E-state index in [1.54, 1.807) is 0 Å². The number of thioether (sulfide) groups is 1. The smallest absolute Gasteiger partial charge is 0.230 e. The number of nitrogens with one attached hydrogen (secondary N) is 3. The largest absolute Gasteiger partial charge is 0.511 e. The van der Waals surface area contributed by atoms with Gasteiger partial charge in [-0.2, -0.15) is 0 Å². The van der Waals surface area contributed by atoms with Gasteiger partial charge >= 0.3 is 0 Å². The standard InChI is InChI=1S/C27H51N3O4S.C21H21F2N/c1-3-4-5-6-7-8-9-10-11-12-13-17-34-18-15-26(32)30-25(23(2)31)21-35-22-27(33)29-20-24-14-16-28-19-24;1-15(2)10-19-11-17(20-12-18(22)8-9-21(20)23)14-24(19)13-16-6-4-3-5-7-16/h24-25,28,31H,2-22H2,1H3,(H,29,33)(H,30,32);3-9,11-12,14-15H,10,13H2,1-2H3/t24?,25-;/m0./s1. The van der Waals surface area contributed by atoms with Gasteiger partial charge in [-0.25, -0.2) is 8.78 Å². The lowest BCUT2D eigenvalue weighted by Crippen LogP contribution is -2.39. The van der Waals surface area contributed by atoms with Gasteiger partial charge in [-0.3, -0.25) is 9.59 Å². The van der Waals surface area contributed by atoms with E-state index >= 15 is 0 Å². The normalized spacial score (nSPS) is 14.2. The van der Waals surface area contributed by atoms with E-state index < -0.39 is 17.7 Å². The van der Waals surface area contributed by atoms with E-state index in [1.807, 2.05) is 30.5 Å². The Balaban J connectivity index is 0.000000336. The first kappa shape index (κ1) is 49.7. The zero-order chi connectivity index (χ0) is 42.7. The molecule has 2 heterocycles. The Morgan fingerprint density at radius 2 is 1.64 bits per heavy atom. The van der Waals surface area contributed by atoms with Crippen LogP contribution in [0.4, 0.5) is 8.78 Å². The Labute approximate surface area is 357 Å². The van der Waals surface area contributed by atoms with Crippen LogP contribution in [0.1, 0.15) is 115 Å². The van der Waals surface area contributed by atoms with Crippen molar-refractivity contribution in [3.05, 3.63) is 96.0 Å². The van der Waals surface area contributed by atoms with Gasteiger partial charge < -0.3 is 30.4 Å². The number of aliphatic hydroxyl groups is 1. The second-order valence-electron chi connectivity index (χ2n) is 16.2. The number of hydrogen-bond acceptors (Lipinski definition) is 6. The van der Waals surface area contributed by atoms with Crippen LogP contribution in [0.25, 0.3) is 11.1 Å². The molecule has 1 aromatic heterocycles. The molecule has 328 valence electrons. The van der Waals surface area contributed by atoms with E-state index in [0.717, 1.165) is 56.2 Å². The summed E-state index contributed by atoms with van der Waals surface area (Å²) in [6.45, 7) is 14.6. The van der Waals surface area contributed by atoms with Gasteiger partial charge in [-0.05, 0) is 74.0 Å². The van der Waals surface area contributed by atoms with E-state index in [0.29, 0.717) is 48.7 Å². The van der Waals surface area contributed by atoms with Crippen molar-refractivity contribution in [3.63, 3.8) is 0 Å². The first-order chi connectivity index (χ1) is 28.5. The maximum absolute atomic E-state index is 14.1. The fourth-order valence-corrected chi connectivity index (χ4v) is 7.95. The van der Waals surface area contributed by atoms with Crippen molar-refractivity contribution in [3.8, 4) is 11.1 Å². The highest BCUT2D eigenvalue weighted by molar-refractivity contribution is 8.00. The third-order valence-corrected chi connectivity index (χ3v) is 11.4. The lowest BCUT2D eigenvalue weighted by Gasteiger charge is -2.17. The van der Waals surface area contributed by atoms with Crippen molar-refractivity contribution in [2.75, 3.05) is 44.4 Å². The van der Waals surface area contributed by atoms with Crippen molar-refractivity contribution in [1.82, 2.24) is 20.5 Å². The van der Waals surface area contributed by atoms with Crippen LogP contribution in [-0.4, -0.2) is 71.9 Å². The first-order valence-electron chi connectivity index (χ1n) is 22.0. The molecule has 11 heteroatoms. The summed E-state index contributed by atoms with van der Waals surface area (Å²) < 4.78 is 35.4. The highest BCUT2D eigenvalue weighted by Gasteiger charge is 2.18. The molecule has 59 heavy (non-hydrogen) atoms. The summed E-state index contributed by atoms with van der Waals surface area (Å²) in [5.74, 6) is 0.572. The molecule has 0 spiro atoms. The Bertz CT molecular complexity index is 1630. The first-order valence-corrected chi connectivity index (χ1v) is 23.2. The van der Waals surface area contributed by atoms with E-state index in [9.17, 15) is 23.5 Å². The maximum atomic E-state index is 14.1. The third kappa shape index (κ3) is 21.4. The minimum absolute atomic E-state index is 0.0219. The van der Waals surface area contributed by atoms with Gasteiger partial charge in [0.1, 0.15) is 17.4 Å². The number of carbonyl (C=O) groups is 2. The average molecular weight is 839 g/mol. The molecule has 1 aliphatic heterocycles. The molecule has 4 rings (SSSR count). The second kappa shape index (κ2) is 29.5. The van der Waals surface area contributed by atoms with Gasteiger partial charge in [-0.1, -0.05) is 122 Å². The number of nitrogens with zero attached hydrogens (tertiary/aromatic N) is 1. The highest BCUT2D eigenvalue weighted by Crippen LogP contribution is 2.28. The van der Waals surface area contributed by atoms with Crippen LogP contribution >= 0.6 is 11.8 Å². The fraction of sp³-hybridized carbons (Fsp3) is 0.583. The summed E-state index contributed by atoms with van der Waals surface area (Å²) in [6.07, 6.45) is 18.5. The van der Waals surface area contributed by atoms with E-state index in [-0.39, 0.29) is 24.0 Å². The highest BCUT2D eigenvalue weighted by atomic mass is 32.2. The van der Waals surface area contributed by atoms with Gasteiger partial charge in [-0.15, -0.1) is 11.8 Å². The molecule has 0 bridgehead atoms. The summed E-state index contributed by atoms with van der Waals surface area (Å²) in [4.78, 5) is 24.2. The minimum atomic E-state index is -0.564. The number of unbranched alkanes of at least 4 members (excludes halogenated alkanes) is 10. The predicted molar refractivity (Wildman–Crippen MR) is 241 cm³/mol. The summed E-state index contributed by atoms with van der Waals surface area (Å²) in [5.41, 5.74) is 3.35. The van der Waals surface area contributed by atoms with Gasteiger partial charge in [0.15, 0.2) is 0 Å². The zero-order valence-electron chi connectivity index (χ0n) is 36.1. The molecule has 2 amide bonds. The number of benzene rings is 2. The van der Waals surface area contributed by atoms with Gasteiger partial charge in [0.05, 0.1) is 18.4 Å². The van der Waals surface area contributed by atoms with Crippen molar-refractivity contribution in [2.24, 2.45) is 11.8 Å². The predicted octanol–water partition coefficient (Wildman–Crippen LogP) is 10.4.